The minimum Gasteiger partial charge on any atom is -0.369 e. The first-order valence-corrected chi connectivity index (χ1v) is 6.06. The van der Waals surface area contributed by atoms with E-state index in [1.807, 2.05) is 49.6 Å². The molecule has 19 heavy (non-hydrogen) atoms. The Bertz CT molecular complexity index is 609. The number of hydrogen-bond acceptors (Lipinski definition) is 4. The van der Waals surface area contributed by atoms with Crippen molar-refractivity contribution in [3.05, 3.63) is 47.3 Å². The van der Waals surface area contributed by atoms with Crippen LogP contribution in [0.25, 0.3) is 0 Å². The average molecular weight is 255 g/mol. The lowest BCUT2D eigenvalue weighted by molar-refractivity contribution is 0.766. The van der Waals surface area contributed by atoms with Gasteiger partial charge >= 0.3 is 0 Å². The second kappa shape index (κ2) is 5.55. The largest absolute Gasteiger partial charge is 0.369 e. The van der Waals surface area contributed by atoms with Crippen molar-refractivity contribution in [3.8, 4) is 6.07 Å². The number of nitrogens with zero attached hydrogens (tertiary/aromatic N) is 4. The summed E-state index contributed by atoms with van der Waals surface area (Å²) in [7, 11) is 3.85. The zero-order chi connectivity index (χ0) is 13.8. The SMILES string of the molecule is CN(Cc1cnn(C)c1)c1ccc(CN)cc1C#N. The normalized spacial score (nSPS) is 10.2. The lowest BCUT2D eigenvalue weighted by Gasteiger charge is -2.20. The number of rotatable bonds is 4. The van der Waals surface area contributed by atoms with Gasteiger partial charge in [-0.2, -0.15) is 10.4 Å². The first-order valence-electron chi connectivity index (χ1n) is 6.06. The summed E-state index contributed by atoms with van der Waals surface area (Å²) in [6.45, 7) is 1.16. The minimum absolute atomic E-state index is 0.446. The van der Waals surface area contributed by atoms with Crippen molar-refractivity contribution in [2.24, 2.45) is 12.8 Å². The van der Waals surface area contributed by atoms with Crippen molar-refractivity contribution in [2.45, 2.75) is 13.1 Å². The van der Waals surface area contributed by atoms with Crippen LogP contribution < -0.4 is 10.6 Å². The fraction of sp³-hybridized carbons (Fsp3) is 0.286. The molecule has 0 radical (unpaired) electrons. The molecular formula is C14H17N5. The fourth-order valence-corrected chi connectivity index (χ4v) is 2.05. The Balaban J connectivity index is 2.23. The van der Waals surface area contributed by atoms with Gasteiger partial charge in [-0.1, -0.05) is 6.07 Å². The monoisotopic (exact) mass is 255 g/mol. The quantitative estimate of drug-likeness (QED) is 0.896. The Morgan fingerprint density at radius 2 is 2.21 bits per heavy atom. The second-order valence-corrected chi connectivity index (χ2v) is 4.55. The van der Waals surface area contributed by atoms with Crippen molar-refractivity contribution in [3.63, 3.8) is 0 Å². The van der Waals surface area contributed by atoms with Crippen molar-refractivity contribution < 1.29 is 0 Å². The lowest BCUT2D eigenvalue weighted by atomic mass is 10.1. The Kier molecular flexibility index (Phi) is 3.83. The Hall–Kier alpha value is -2.32. The maximum atomic E-state index is 9.22. The topological polar surface area (TPSA) is 70.9 Å². The first-order chi connectivity index (χ1) is 9.13. The number of nitrogens with two attached hydrogens (primary N) is 1. The Morgan fingerprint density at radius 3 is 2.79 bits per heavy atom. The molecule has 0 aliphatic rings. The van der Waals surface area contributed by atoms with E-state index in [1.165, 1.54) is 0 Å². The summed E-state index contributed by atoms with van der Waals surface area (Å²) in [6.07, 6.45) is 3.80. The van der Waals surface area contributed by atoms with E-state index >= 15 is 0 Å². The highest BCUT2D eigenvalue weighted by Crippen LogP contribution is 2.21. The third-order valence-electron chi connectivity index (χ3n) is 3.01. The second-order valence-electron chi connectivity index (χ2n) is 4.55. The molecule has 0 aliphatic carbocycles. The van der Waals surface area contributed by atoms with E-state index in [1.54, 1.807) is 4.68 Å². The van der Waals surface area contributed by atoms with Gasteiger partial charge in [0.25, 0.3) is 0 Å². The third kappa shape index (κ3) is 2.92. The molecule has 0 atom stereocenters. The zero-order valence-corrected chi connectivity index (χ0v) is 11.2. The van der Waals surface area contributed by atoms with Gasteiger partial charge in [0.05, 0.1) is 17.4 Å². The van der Waals surface area contributed by atoms with E-state index in [9.17, 15) is 5.26 Å². The molecule has 0 spiro atoms. The molecule has 0 bridgehead atoms. The van der Waals surface area contributed by atoms with Gasteiger partial charge in [0.15, 0.2) is 0 Å². The van der Waals surface area contributed by atoms with Crippen LogP contribution in [-0.2, 0) is 20.1 Å². The van der Waals surface area contributed by atoms with Gasteiger partial charge < -0.3 is 10.6 Å². The summed E-state index contributed by atoms with van der Waals surface area (Å²) >= 11 is 0. The summed E-state index contributed by atoms with van der Waals surface area (Å²) in [5.74, 6) is 0. The molecule has 1 aromatic carbocycles. The predicted molar refractivity (Wildman–Crippen MR) is 74.4 cm³/mol. The average Bonchev–Trinajstić information content (AvgIpc) is 2.83. The first kappa shape index (κ1) is 13.1. The molecule has 2 N–H and O–H groups in total. The van der Waals surface area contributed by atoms with E-state index < -0.39 is 0 Å². The molecule has 5 nitrogen and oxygen atoms in total. The summed E-state index contributed by atoms with van der Waals surface area (Å²) in [6, 6.07) is 7.96. The van der Waals surface area contributed by atoms with Crippen LogP contribution in [0, 0.1) is 11.3 Å². The van der Waals surface area contributed by atoms with Crippen LogP contribution in [0.2, 0.25) is 0 Å². The molecule has 2 rings (SSSR count). The highest BCUT2D eigenvalue weighted by atomic mass is 15.2. The van der Waals surface area contributed by atoms with E-state index in [-0.39, 0.29) is 0 Å². The van der Waals surface area contributed by atoms with Crippen molar-refractivity contribution in [1.82, 2.24) is 9.78 Å². The number of aryl methyl sites for hydroxylation is 1. The van der Waals surface area contributed by atoms with Crippen molar-refractivity contribution in [2.75, 3.05) is 11.9 Å². The van der Waals surface area contributed by atoms with Gasteiger partial charge in [-0.05, 0) is 17.7 Å². The standard InChI is InChI=1S/C14H17N5/c1-18(9-12-8-17-19(2)10-12)14-4-3-11(6-15)5-13(14)7-16/h3-5,8,10H,6,9,15H2,1-2H3. The van der Waals surface area contributed by atoms with Crippen LogP contribution in [0.5, 0.6) is 0 Å². The summed E-state index contributed by atoms with van der Waals surface area (Å²) < 4.78 is 1.77. The number of aromatic nitrogens is 2. The number of benzene rings is 1. The van der Waals surface area contributed by atoms with Gasteiger partial charge in [-0.15, -0.1) is 0 Å². The third-order valence-corrected chi connectivity index (χ3v) is 3.01. The Morgan fingerprint density at radius 1 is 1.42 bits per heavy atom. The number of anilines is 1. The molecular weight excluding hydrogens is 238 g/mol. The maximum Gasteiger partial charge on any atom is 0.101 e. The maximum absolute atomic E-state index is 9.22. The van der Waals surface area contributed by atoms with E-state index in [2.05, 4.69) is 11.2 Å². The smallest absolute Gasteiger partial charge is 0.101 e. The molecule has 0 aliphatic heterocycles. The molecule has 0 saturated heterocycles. The van der Waals surface area contributed by atoms with Crippen LogP contribution >= 0.6 is 0 Å². The van der Waals surface area contributed by atoms with Crippen LogP contribution in [0.1, 0.15) is 16.7 Å². The molecule has 0 saturated carbocycles. The van der Waals surface area contributed by atoms with Gasteiger partial charge in [0, 0.05) is 38.9 Å². The highest BCUT2D eigenvalue weighted by Gasteiger charge is 2.09. The fourth-order valence-electron chi connectivity index (χ4n) is 2.05. The van der Waals surface area contributed by atoms with Crippen molar-refractivity contribution in [1.29, 1.82) is 5.26 Å². The molecule has 0 fully saturated rings. The summed E-state index contributed by atoms with van der Waals surface area (Å²) in [4.78, 5) is 2.04. The van der Waals surface area contributed by atoms with Crippen LogP contribution in [0.3, 0.4) is 0 Å². The van der Waals surface area contributed by atoms with Crippen LogP contribution in [0.4, 0.5) is 5.69 Å². The van der Waals surface area contributed by atoms with Crippen molar-refractivity contribution >= 4 is 5.69 Å². The molecule has 5 heteroatoms. The Labute approximate surface area is 112 Å². The highest BCUT2D eigenvalue weighted by molar-refractivity contribution is 5.60. The number of nitriles is 1. The molecule has 1 heterocycles. The van der Waals surface area contributed by atoms with E-state index in [0.29, 0.717) is 18.7 Å². The van der Waals surface area contributed by atoms with Gasteiger partial charge in [0.1, 0.15) is 6.07 Å². The van der Waals surface area contributed by atoms with Gasteiger partial charge in [0.2, 0.25) is 0 Å². The molecule has 98 valence electrons. The van der Waals surface area contributed by atoms with E-state index in [4.69, 9.17) is 5.73 Å². The van der Waals surface area contributed by atoms with Crippen LogP contribution in [0.15, 0.2) is 30.6 Å². The van der Waals surface area contributed by atoms with Gasteiger partial charge in [-0.3, -0.25) is 4.68 Å². The summed E-state index contributed by atoms with van der Waals surface area (Å²) in [5.41, 5.74) is 9.22. The molecule has 0 unspecified atom stereocenters. The molecule has 2 aromatic rings. The number of hydrogen-bond donors (Lipinski definition) is 1. The van der Waals surface area contributed by atoms with E-state index in [0.717, 1.165) is 16.8 Å². The van der Waals surface area contributed by atoms with Crippen LogP contribution in [-0.4, -0.2) is 16.8 Å². The predicted octanol–water partition coefficient (Wildman–Crippen LogP) is 1.39. The molecule has 1 aromatic heterocycles. The zero-order valence-electron chi connectivity index (χ0n) is 11.2. The molecule has 0 amide bonds. The summed E-state index contributed by atoms with van der Waals surface area (Å²) in [5, 5.41) is 13.4. The minimum atomic E-state index is 0.446. The lowest BCUT2D eigenvalue weighted by Crippen LogP contribution is -2.17. The van der Waals surface area contributed by atoms with Gasteiger partial charge in [-0.25, -0.2) is 0 Å².